The summed E-state index contributed by atoms with van der Waals surface area (Å²) in [5.41, 5.74) is 1.14. The molecule has 0 radical (unpaired) electrons. The molecule has 0 heterocycles. The van der Waals surface area contributed by atoms with E-state index in [2.05, 4.69) is 0 Å². The average molecular weight is 176 g/mol. The van der Waals surface area contributed by atoms with Crippen LogP contribution >= 0.6 is 0 Å². The van der Waals surface area contributed by atoms with E-state index in [1.165, 1.54) is 0 Å². The molecule has 0 atom stereocenters. The third-order valence-corrected chi connectivity index (χ3v) is 1.72. The number of carbonyl (C=O) groups is 1. The second-order valence-electron chi connectivity index (χ2n) is 2.70. The molecule has 2 nitrogen and oxygen atoms in total. The molecular formula is C11H12O2. The Bertz CT molecular complexity index is 312. The van der Waals surface area contributed by atoms with Crippen molar-refractivity contribution in [1.82, 2.24) is 0 Å². The van der Waals surface area contributed by atoms with Crippen molar-refractivity contribution < 1.29 is 9.90 Å². The predicted octanol–water partition coefficient (Wildman–Crippen LogP) is 2.56. The van der Waals surface area contributed by atoms with E-state index in [0.717, 1.165) is 12.0 Å². The summed E-state index contributed by atoms with van der Waals surface area (Å²) in [5, 5.41) is 8.89. The van der Waals surface area contributed by atoms with Gasteiger partial charge in [-0.1, -0.05) is 43.3 Å². The molecule has 0 aromatic heterocycles. The smallest absolute Gasteiger partial charge is 0.335 e. The van der Waals surface area contributed by atoms with Crippen LogP contribution < -0.4 is 0 Å². The molecular weight excluding hydrogens is 164 g/mol. The van der Waals surface area contributed by atoms with Crippen LogP contribution in [0.2, 0.25) is 0 Å². The summed E-state index contributed by atoms with van der Waals surface area (Å²) >= 11 is 0. The van der Waals surface area contributed by atoms with Crippen molar-refractivity contribution in [3.63, 3.8) is 0 Å². The molecule has 13 heavy (non-hydrogen) atoms. The van der Waals surface area contributed by atoms with Crippen LogP contribution in [0.4, 0.5) is 0 Å². The van der Waals surface area contributed by atoms with Gasteiger partial charge in [-0.2, -0.15) is 0 Å². The number of hydrogen-bond acceptors (Lipinski definition) is 1. The molecule has 0 unspecified atom stereocenters. The maximum absolute atomic E-state index is 10.8. The first-order valence-corrected chi connectivity index (χ1v) is 4.24. The fourth-order valence-corrected chi connectivity index (χ4v) is 1.15. The third-order valence-electron chi connectivity index (χ3n) is 1.72. The molecule has 0 aliphatic carbocycles. The van der Waals surface area contributed by atoms with E-state index in [0.29, 0.717) is 5.57 Å². The summed E-state index contributed by atoms with van der Waals surface area (Å²) in [6.45, 7) is 1.92. The molecule has 68 valence electrons. The molecule has 0 bridgehead atoms. The van der Waals surface area contributed by atoms with Crippen molar-refractivity contribution in [2.24, 2.45) is 0 Å². The molecule has 0 amide bonds. The maximum Gasteiger partial charge on any atom is 0.335 e. The van der Waals surface area contributed by atoms with Crippen LogP contribution in [0.5, 0.6) is 0 Å². The second kappa shape index (κ2) is 4.45. The van der Waals surface area contributed by atoms with Crippen molar-refractivity contribution in [3.8, 4) is 0 Å². The molecule has 0 saturated heterocycles. The highest BCUT2D eigenvalue weighted by Crippen LogP contribution is 2.14. The van der Waals surface area contributed by atoms with Gasteiger partial charge < -0.3 is 5.11 Å². The summed E-state index contributed by atoms with van der Waals surface area (Å²) in [7, 11) is 0. The standard InChI is InChI=1S/C11H12O2/c1-2-6-10(11(12)13)9-7-4-3-5-8-9/h3-8H,2H2,1H3,(H,12,13)/b10-6+. The molecule has 0 fully saturated rings. The van der Waals surface area contributed by atoms with E-state index < -0.39 is 5.97 Å². The summed E-state index contributed by atoms with van der Waals surface area (Å²) < 4.78 is 0. The van der Waals surface area contributed by atoms with E-state index in [9.17, 15) is 4.79 Å². The van der Waals surface area contributed by atoms with E-state index >= 15 is 0 Å². The first kappa shape index (κ1) is 9.52. The third kappa shape index (κ3) is 2.44. The van der Waals surface area contributed by atoms with Gasteiger partial charge in [-0.25, -0.2) is 4.79 Å². The van der Waals surface area contributed by atoms with Gasteiger partial charge in [-0.3, -0.25) is 0 Å². The minimum Gasteiger partial charge on any atom is -0.478 e. The van der Waals surface area contributed by atoms with Crippen LogP contribution in [-0.4, -0.2) is 11.1 Å². The molecule has 1 aromatic carbocycles. The Morgan fingerprint density at radius 1 is 1.38 bits per heavy atom. The zero-order valence-electron chi connectivity index (χ0n) is 7.53. The largest absolute Gasteiger partial charge is 0.478 e. The number of aliphatic carboxylic acids is 1. The summed E-state index contributed by atoms with van der Waals surface area (Å²) in [6, 6.07) is 9.14. The van der Waals surface area contributed by atoms with Crippen LogP contribution in [0.25, 0.3) is 5.57 Å². The van der Waals surface area contributed by atoms with Gasteiger partial charge in [0.2, 0.25) is 0 Å². The molecule has 1 aromatic rings. The SMILES string of the molecule is CC/C=C(/C(=O)O)c1ccccc1. The van der Waals surface area contributed by atoms with Crippen LogP contribution in [0.15, 0.2) is 36.4 Å². The van der Waals surface area contributed by atoms with Gasteiger partial charge in [0.05, 0.1) is 5.57 Å². The highest BCUT2D eigenvalue weighted by Gasteiger charge is 2.07. The minimum absolute atomic E-state index is 0.378. The zero-order chi connectivity index (χ0) is 9.68. The number of hydrogen-bond donors (Lipinski definition) is 1. The van der Waals surface area contributed by atoms with Gasteiger partial charge in [-0.05, 0) is 12.0 Å². The molecule has 1 N–H and O–H groups in total. The number of allylic oxidation sites excluding steroid dienone is 1. The lowest BCUT2D eigenvalue weighted by molar-refractivity contribution is -0.130. The van der Waals surface area contributed by atoms with Crippen LogP contribution in [0.1, 0.15) is 18.9 Å². The van der Waals surface area contributed by atoms with E-state index in [1.54, 1.807) is 18.2 Å². The second-order valence-corrected chi connectivity index (χ2v) is 2.70. The summed E-state index contributed by atoms with van der Waals surface area (Å²) in [4.78, 5) is 10.8. The monoisotopic (exact) mass is 176 g/mol. The fraction of sp³-hybridized carbons (Fsp3) is 0.182. The quantitative estimate of drug-likeness (QED) is 0.718. The highest BCUT2D eigenvalue weighted by molar-refractivity contribution is 6.15. The lowest BCUT2D eigenvalue weighted by atomic mass is 10.1. The normalized spacial score (nSPS) is 11.3. The van der Waals surface area contributed by atoms with Crippen molar-refractivity contribution in [1.29, 1.82) is 0 Å². The van der Waals surface area contributed by atoms with E-state index in [1.807, 2.05) is 25.1 Å². The number of carboxylic acid groups (broad SMARTS) is 1. The Balaban J connectivity index is 3.03. The lowest BCUT2D eigenvalue weighted by Crippen LogP contribution is -1.99. The Morgan fingerprint density at radius 3 is 2.46 bits per heavy atom. The number of benzene rings is 1. The molecule has 2 heteroatoms. The zero-order valence-corrected chi connectivity index (χ0v) is 7.53. The van der Waals surface area contributed by atoms with Gasteiger partial charge in [0, 0.05) is 0 Å². The van der Waals surface area contributed by atoms with Gasteiger partial charge in [0.25, 0.3) is 0 Å². The van der Waals surface area contributed by atoms with Crippen molar-refractivity contribution in [3.05, 3.63) is 42.0 Å². The molecule has 0 saturated carbocycles. The highest BCUT2D eigenvalue weighted by atomic mass is 16.4. The summed E-state index contributed by atoms with van der Waals surface area (Å²) in [5.74, 6) is -0.868. The predicted molar refractivity (Wildman–Crippen MR) is 52.3 cm³/mol. The maximum atomic E-state index is 10.8. The van der Waals surface area contributed by atoms with Crippen molar-refractivity contribution >= 4 is 11.5 Å². The Kier molecular flexibility index (Phi) is 3.26. The number of rotatable bonds is 3. The van der Waals surface area contributed by atoms with E-state index in [-0.39, 0.29) is 0 Å². The topological polar surface area (TPSA) is 37.3 Å². The molecule has 1 rings (SSSR count). The Labute approximate surface area is 77.5 Å². The first-order chi connectivity index (χ1) is 6.25. The molecule has 0 aliphatic rings. The Morgan fingerprint density at radius 2 is 2.00 bits per heavy atom. The van der Waals surface area contributed by atoms with Gasteiger partial charge in [0.15, 0.2) is 0 Å². The van der Waals surface area contributed by atoms with Gasteiger partial charge >= 0.3 is 5.97 Å². The van der Waals surface area contributed by atoms with Gasteiger partial charge in [-0.15, -0.1) is 0 Å². The average Bonchev–Trinajstić information content (AvgIpc) is 2.15. The first-order valence-electron chi connectivity index (χ1n) is 4.24. The lowest BCUT2D eigenvalue weighted by Gasteiger charge is -2.00. The van der Waals surface area contributed by atoms with E-state index in [4.69, 9.17) is 5.11 Å². The summed E-state index contributed by atoms with van der Waals surface area (Å²) in [6.07, 6.45) is 2.45. The Hall–Kier alpha value is -1.57. The number of carboxylic acids is 1. The fourth-order valence-electron chi connectivity index (χ4n) is 1.15. The molecule has 0 aliphatic heterocycles. The van der Waals surface area contributed by atoms with Crippen LogP contribution in [0.3, 0.4) is 0 Å². The minimum atomic E-state index is -0.868. The van der Waals surface area contributed by atoms with Crippen molar-refractivity contribution in [2.45, 2.75) is 13.3 Å². The van der Waals surface area contributed by atoms with Crippen LogP contribution in [-0.2, 0) is 4.79 Å². The van der Waals surface area contributed by atoms with Crippen LogP contribution in [0, 0.1) is 0 Å². The van der Waals surface area contributed by atoms with Gasteiger partial charge in [0.1, 0.15) is 0 Å². The van der Waals surface area contributed by atoms with Crippen molar-refractivity contribution in [2.75, 3.05) is 0 Å². The molecule has 0 spiro atoms.